The van der Waals surface area contributed by atoms with Crippen LogP contribution < -0.4 is 0 Å². The minimum Gasteiger partial charge on any atom is -0.506 e. The second kappa shape index (κ2) is 23.2. The van der Waals surface area contributed by atoms with E-state index in [9.17, 15) is 35.7 Å². The highest BCUT2D eigenvalue weighted by atomic mass is 16.7. The number of hydrogen-bond acceptors (Lipinski definition) is 11. The van der Waals surface area contributed by atoms with Crippen molar-refractivity contribution in [2.75, 3.05) is 13.2 Å². The molecule has 0 aromatic carbocycles. The molecule has 1 heterocycles. The standard InChI is InChI=1S/C30H56O11/c1-2-3-4-5-6-7-8-9-10-11-12-13-14-15-16-17-24-39-21-19-23(40-24)26(34)28(36)30(38)41-29(37)27(35)25(33)22(32)18-20-31/h9-10,22-24,26,28-38H,2-8,11-21H2,1H3/b10-9-,27-25+. The third-order valence-electron chi connectivity index (χ3n) is 7.24. The van der Waals surface area contributed by atoms with Crippen molar-refractivity contribution in [2.45, 2.75) is 153 Å². The summed E-state index contributed by atoms with van der Waals surface area (Å²) in [6, 6.07) is 0. The molecule has 1 aliphatic rings. The molecule has 0 radical (unpaired) electrons. The summed E-state index contributed by atoms with van der Waals surface area (Å²) in [6.07, 6.45) is 9.76. The maximum Gasteiger partial charge on any atom is 0.220 e. The Labute approximate surface area is 245 Å². The molecule has 8 N–H and O–H groups in total. The largest absolute Gasteiger partial charge is 0.506 e. The molecule has 7 unspecified atom stereocenters. The third-order valence-corrected chi connectivity index (χ3v) is 7.24. The van der Waals surface area contributed by atoms with Crippen molar-refractivity contribution < 1.29 is 55.1 Å². The fourth-order valence-electron chi connectivity index (χ4n) is 4.62. The molecule has 0 spiro atoms. The summed E-state index contributed by atoms with van der Waals surface area (Å²) in [7, 11) is 0. The zero-order valence-electron chi connectivity index (χ0n) is 24.7. The zero-order valence-corrected chi connectivity index (χ0v) is 24.7. The summed E-state index contributed by atoms with van der Waals surface area (Å²) in [5.74, 6) is -2.26. The second-order valence-corrected chi connectivity index (χ2v) is 10.8. The molecule has 0 aliphatic carbocycles. The first kappa shape index (κ1) is 37.7. The Morgan fingerprint density at radius 3 is 2.02 bits per heavy atom. The normalized spacial score (nSPS) is 22.3. The molecular formula is C30H56O11. The number of rotatable bonds is 24. The Hall–Kier alpha value is -1.28. The van der Waals surface area contributed by atoms with Crippen LogP contribution in [0.25, 0.3) is 0 Å². The Bertz CT molecular complexity index is 702. The average Bonchev–Trinajstić information content (AvgIpc) is 2.97. The molecular weight excluding hydrogens is 536 g/mol. The number of allylic oxidation sites excluding steroid dienone is 2. The summed E-state index contributed by atoms with van der Waals surface area (Å²) in [5.41, 5.74) is 0. The second-order valence-electron chi connectivity index (χ2n) is 10.8. The lowest BCUT2D eigenvalue weighted by atomic mass is 10.0. The number of unbranched alkanes of at least 4 members (excludes halogenated alkanes) is 11. The van der Waals surface area contributed by atoms with Gasteiger partial charge in [-0.25, -0.2) is 0 Å². The van der Waals surface area contributed by atoms with E-state index in [2.05, 4.69) is 19.1 Å². The van der Waals surface area contributed by atoms with Gasteiger partial charge in [0.2, 0.25) is 6.29 Å². The molecule has 1 aliphatic heterocycles. The highest BCUT2D eigenvalue weighted by Gasteiger charge is 2.37. The molecule has 11 nitrogen and oxygen atoms in total. The maximum absolute atomic E-state index is 10.5. The molecule has 1 rings (SSSR count). The van der Waals surface area contributed by atoms with E-state index < -0.39 is 61.4 Å². The lowest BCUT2D eigenvalue weighted by Gasteiger charge is -2.35. The summed E-state index contributed by atoms with van der Waals surface area (Å²) >= 11 is 0. The van der Waals surface area contributed by atoms with Crippen LogP contribution in [0.1, 0.15) is 110 Å². The van der Waals surface area contributed by atoms with E-state index in [1.165, 1.54) is 51.4 Å². The molecule has 0 saturated carbocycles. The molecule has 0 amide bonds. The van der Waals surface area contributed by atoms with Crippen molar-refractivity contribution in [2.24, 2.45) is 0 Å². The smallest absolute Gasteiger partial charge is 0.220 e. The zero-order chi connectivity index (χ0) is 30.5. The Kier molecular flexibility index (Phi) is 21.4. The van der Waals surface area contributed by atoms with Crippen LogP contribution in [0.15, 0.2) is 23.7 Å². The summed E-state index contributed by atoms with van der Waals surface area (Å²) in [5, 5.41) is 78.6. The van der Waals surface area contributed by atoms with Gasteiger partial charge in [-0.1, -0.05) is 70.4 Å². The van der Waals surface area contributed by atoms with Gasteiger partial charge in [-0.05, 0) is 44.9 Å². The average molecular weight is 593 g/mol. The highest BCUT2D eigenvalue weighted by Crippen LogP contribution is 2.23. The molecule has 0 aromatic heterocycles. The number of aliphatic hydroxyl groups is 8. The summed E-state index contributed by atoms with van der Waals surface area (Å²) < 4.78 is 16.1. The lowest BCUT2D eigenvalue weighted by molar-refractivity contribution is -0.281. The Morgan fingerprint density at radius 2 is 1.41 bits per heavy atom. The van der Waals surface area contributed by atoms with Crippen LogP contribution in [-0.4, -0.2) is 97.4 Å². The van der Waals surface area contributed by atoms with Crippen LogP contribution in [-0.2, 0) is 14.2 Å². The quantitative estimate of drug-likeness (QED) is 0.0354. The van der Waals surface area contributed by atoms with Crippen molar-refractivity contribution in [1.29, 1.82) is 0 Å². The minimum atomic E-state index is -2.30. The first-order valence-electron chi connectivity index (χ1n) is 15.4. The van der Waals surface area contributed by atoms with Gasteiger partial charge in [0.1, 0.15) is 18.3 Å². The molecule has 0 bridgehead atoms. The topological polar surface area (TPSA) is 190 Å². The van der Waals surface area contributed by atoms with Crippen LogP contribution in [0.5, 0.6) is 0 Å². The SMILES string of the molecule is CCCCCCCC/C=C\CCCCCCCC1OCCC(C(O)C(O)C(O)OC(O)/C(O)=C(\O)C(O)CCO)O1. The van der Waals surface area contributed by atoms with Gasteiger partial charge in [-0.15, -0.1) is 0 Å². The predicted octanol–water partition coefficient (Wildman–Crippen LogP) is 3.60. The van der Waals surface area contributed by atoms with Gasteiger partial charge in [-0.2, -0.15) is 0 Å². The number of ether oxygens (including phenoxy) is 3. The molecule has 7 atom stereocenters. The molecule has 1 saturated heterocycles. The molecule has 0 aromatic rings. The molecule has 242 valence electrons. The van der Waals surface area contributed by atoms with E-state index in [0.29, 0.717) is 13.0 Å². The Morgan fingerprint density at radius 1 is 0.829 bits per heavy atom. The van der Waals surface area contributed by atoms with E-state index in [4.69, 9.17) is 19.3 Å². The van der Waals surface area contributed by atoms with E-state index in [1.54, 1.807) is 0 Å². The first-order valence-corrected chi connectivity index (χ1v) is 15.4. The maximum atomic E-state index is 10.5. The summed E-state index contributed by atoms with van der Waals surface area (Å²) in [6.45, 7) is 2.04. The van der Waals surface area contributed by atoms with E-state index in [0.717, 1.165) is 32.1 Å². The fraction of sp³-hybridized carbons (Fsp3) is 0.867. The van der Waals surface area contributed by atoms with Gasteiger partial charge in [0.25, 0.3) is 0 Å². The lowest BCUT2D eigenvalue weighted by Crippen LogP contribution is -2.50. The Balaban J connectivity index is 2.25. The monoisotopic (exact) mass is 592 g/mol. The van der Waals surface area contributed by atoms with Gasteiger partial charge in [-0.3, -0.25) is 0 Å². The van der Waals surface area contributed by atoms with Crippen LogP contribution >= 0.6 is 0 Å². The predicted molar refractivity (Wildman–Crippen MR) is 154 cm³/mol. The summed E-state index contributed by atoms with van der Waals surface area (Å²) in [4.78, 5) is 0. The third kappa shape index (κ3) is 16.2. The van der Waals surface area contributed by atoms with E-state index in [1.807, 2.05) is 0 Å². The number of hydrogen-bond donors (Lipinski definition) is 8. The number of aliphatic hydroxyl groups excluding tert-OH is 8. The van der Waals surface area contributed by atoms with Crippen molar-refractivity contribution in [3.05, 3.63) is 23.7 Å². The van der Waals surface area contributed by atoms with Crippen molar-refractivity contribution in [1.82, 2.24) is 0 Å². The van der Waals surface area contributed by atoms with Gasteiger partial charge in [0.05, 0.1) is 12.7 Å². The van der Waals surface area contributed by atoms with Gasteiger partial charge < -0.3 is 55.1 Å². The van der Waals surface area contributed by atoms with Crippen LogP contribution in [0.3, 0.4) is 0 Å². The first-order chi connectivity index (χ1) is 19.7. The minimum absolute atomic E-state index is 0.260. The van der Waals surface area contributed by atoms with Crippen molar-refractivity contribution in [3.63, 3.8) is 0 Å². The van der Waals surface area contributed by atoms with Crippen LogP contribution in [0.4, 0.5) is 0 Å². The van der Waals surface area contributed by atoms with E-state index >= 15 is 0 Å². The van der Waals surface area contributed by atoms with Crippen molar-refractivity contribution >= 4 is 0 Å². The van der Waals surface area contributed by atoms with E-state index in [-0.39, 0.29) is 12.8 Å². The fourth-order valence-corrected chi connectivity index (χ4v) is 4.62. The van der Waals surface area contributed by atoms with Gasteiger partial charge in [0.15, 0.2) is 24.1 Å². The molecule has 1 fully saturated rings. The highest BCUT2D eigenvalue weighted by molar-refractivity contribution is 5.06. The van der Waals surface area contributed by atoms with Crippen LogP contribution in [0.2, 0.25) is 0 Å². The molecule has 11 heteroatoms. The van der Waals surface area contributed by atoms with Crippen LogP contribution in [0, 0.1) is 0 Å². The molecule has 41 heavy (non-hydrogen) atoms. The van der Waals surface area contributed by atoms with Gasteiger partial charge in [0, 0.05) is 13.0 Å². The van der Waals surface area contributed by atoms with Gasteiger partial charge >= 0.3 is 0 Å². The van der Waals surface area contributed by atoms with Crippen molar-refractivity contribution in [3.8, 4) is 0 Å².